The summed E-state index contributed by atoms with van der Waals surface area (Å²) < 4.78 is 12.1. The number of alkyl halides is 1. The van der Waals surface area contributed by atoms with E-state index in [2.05, 4.69) is 24.3 Å². The Morgan fingerprint density at radius 1 is 1.19 bits per heavy atom. The van der Waals surface area contributed by atoms with Crippen LogP contribution in [0.15, 0.2) is 24.3 Å². The van der Waals surface area contributed by atoms with Gasteiger partial charge in [-0.3, -0.25) is 4.39 Å². The molecule has 0 spiro atoms. The minimum atomic E-state index is -0.204. The third kappa shape index (κ3) is 2.27. The number of halogens is 1. The largest absolute Gasteiger partial charge is 0.330 e. The molecule has 0 bridgehead atoms. The molecule has 2 heteroatoms. The first-order chi connectivity index (χ1) is 7.82. The van der Waals surface area contributed by atoms with E-state index < -0.39 is 0 Å². The van der Waals surface area contributed by atoms with Crippen LogP contribution in [0, 0.1) is 0 Å². The van der Waals surface area contributed by atoms with Crippen molar-refractivity contribution in [3.63, 3.8) is 0 Å². The second-order valence-electron chi connectivity index (χ2n) is 4.79. The summed E-state index contributed by atoms with van der Waals surface area (Å²) in [5.41, 5.74) is 8.91. The molecule has 2 N–H and O–H groups in total. The molecule has 1 fully saturated rings. The highest BCUT2D eigenvalue weighted by molar-refractivity contribution is 5.39. The Balaban J connectivity index is 2.11. The Labute approximate surface area is 96.9 Å². The van der Waals surface area contributed by atoms with Crippen LogP contribution >= 0.6 is 0 Å². The summed E-state index contributed by atoms with van der Waals surface area (Å²) in [6.07, 6.45) is 5.02. The Kier molecular flexibility index (Phi) is 3.59. The fourth-order valence-electron chi connectivity index (χ4n) is 2.40. The second kappa shape index (κ2) is 4.96. The maximum absolute atomic E-state index is 12.1. The summed E-state index contributed by atoms with van der Waals surface area (Å²) in [7, 11) is 0. The van der Waals surface area contributed by atoms with Crippen molar-refractivity contribution in [1.29, 1.82) is 0 Å². The van der Waals surface area contributed by atoms with Crippen molar-refractivity contribution in [3.8, 4) is 0 Å². The third-order valence-corrected chi connectivity index (χ3v) is 3.66. The van der Waals surface area contributed by atoms with Crippen LogP contribution in [0.2, 0.25) is 0 Å². The monoisotopic (exact) mass is 221 g/mol. The van der Waals surface area contributed by atoms with Crippen molar-refractivity contribution >= 4 is 0 Å². The lowest BCUT2D eigenvalue weighted by Gasteiger charge is -2.17. The van der Waals surface area contributed by atoms with Gasteiger partial charge in [-0.2, -0.15) is 0 Å². The highest BCUT2D eigenvalue weighted by Crippen LogP contribution is 2.48. The zero-order valence-corrected chi connectivity index (χ0v) is 9.71. The number of hydrogen-bond donors (Lipinski definition) is 1. The van der Waals surface area contributed by atoms with Gasteiger partial charge < -0.3 is 5.73 Å². The van der Waals surface area contributed by atoms with Gasteiger partial charge in [-0.05, 0) is 43.2 Å². The molecule has 0 saturated heterocycles. The molecule has 1 aromatic rings. The minimum Gasteiger partial charge on any atom is -0.330 e. The molecule has 1 saturated carbocycles. The van der Waals surface area contributed by atoms with Gasteiger partial charge in [-0.25, -0.2) is 0 Å². The molecule has 1 aliphatic carbocycles. The van der Waals surface area contributed by atoms with Crippen molar-refractivity contribution in [2.75, 3.05) is 13.2 Å². The summed E-state index contributed by atoms with van der Waals surface area (Å²) >= 11 is 0. The molecule has 0 atom stereocenters. The molecule has 0 aromatic heterocycles. The van der Waals surface area contributed by atoms with Gasteiger partial charge in [-0.15, -0.1) is 0 Å². The average molecular weight is 221 g/mol. The second-order valence-corrected chi connectivity index (χ2v) is 4.79. The highest BCUT2D eigenvalue weighted by atomic mass is 19.1. The highest BCUT2D eigenvalue weighted by Gasteiger charge is 2.43. The van der Waals surface area contributed by atoms with Crippen molar-refractivity contribution < 1.29 is 4.39 Å². The first kappa shape index (κ1) is 11.6. The molecular formula is C14H20FN. The topological polar surface area (TPSA) is 26.0 Å². The van der Waals surface area contributed by atoms with Gasteiger partial charge in [0.25, 0.3) is 0 Å². The first-order valence-corrected chi connectivity index (χ1v) is 6.17. The fourth-order valence-corrected chi connectivity index (χ4v) is 2.40. The van der Waals surface area contributed by atoms with Crippen LogP contribution < -0.4 is 5.73 Å². The number of benzene rings is 1. The van der Waals surface area contributed by atoms with Gasteiger partial charge in [0.05, 0.1) is 6.67 Å². The molecule has 1 aromatic carbocycles. The summed E-state index contributed by atoms with van der Waals surface area (Å²) in [6, 6.07) is 8.53. The molecule has 16 heavy (non-hydrogen) atoms. The summed E-state index contributed by atoms with van der Waals surface area (Å²) in [5, 5.41) is 0. The van der Waals surface area contributed by atoms with Crippen LogP contribution in [-0.4, -0.2) is 13.2 Å². The van der Waals surface area contributed by atoms with Crippen LogP contribution in [0.25, 0.3) is 0 Å². The minimum absolute atomic E-state index is 0.204. The van der Waals surface area contributed by atoms with Crippen LogP contribution in [0.1, 0.15) is 36.8 Å². The normalized spacial score (nSPS) is 17.4. The predicted molar refractivity (Wildman–Crippen MR) is 65.3 cm³/mol. The van der Waals surface area contributed by atoms with E-state index in [-0.39, 0.29) is 12.1 Å². The van der Waals surface area contributed by atoms with E-state index in [0.717, 1.165) is 19.4 Å². The van der Waals surface area contributed by atoms with E-state index in [1.807, 2.05) is 0 Å². The molecule has 1 nitrogen and oxygen atoms in total. The maximum Gasteiger partial charge on any atom is 0.0894 e. The van der Waals surface area contributed by atoms with Crippen LogP contribution in [-0.2, 0) is 11.8 Å². The standard InChI is InChI=1S/C14H20FN/c15-10-4-3-6-12-5-1-2-7-13(12)14(11-16)8-9-14/h1-2,5,7H,3-4,6,8-11,16H2. The predicted octanol–water partition coefficient (Wildman–Crippen LogP) is 2.97. The number of unbranched alkanes of at least 4 members (excludes halogenated alkanes) is 1. The fraction of sp³-hybridized carbons (Fsp3) is 0.571. The van der Waals surface area contributed by atoms with E-state index in [9.17, 15) is 4.39 Å². The molecule has 1 aliphatic rings. The number of rotatable bonds is 6. The van der Waals surface area contributed by atoms with Gasteiger partial charge >= 0.3 is 0 Å². The Hall–Kier alpha value is -0.890. The SMILES string of the molecule is NCC1(c2ccccc2CCCCF)CC1. The van der Waals surface area contributed by atoms with Crippen molar-refractivity contribution in [2.24, 2.45) is 5.73 Å². The zero-order valence-electron chi connectivity index (χ0n) is 9.71. The lowest BCUT2D eigenvalue weighted by molar-refractivity contribution is 0.461. The quantitative estimate of drug-likeness (QED) is 0.734. The van der Waals surface area contributed by atoms with Crippen LogP contribution in [0.5, 0.6) is 0 Å². The third-order valence-electron chi connectivity index (χ3n) is 3.66. The summed E-state index contributed by atoms with van der Waals surface area (Å²) in [4.78, 5) is 0. The smallest absolute Gasteiger partial charge is 0.0894 e. The van der Waals surface area contributed by atoms with Gasteiger partial charge in [0.1, 0.15) is 0 Å². The van der Waals surface area contributed by atoms with E-state index >= 15 is 0 Å². The maximum atomic E-state index is 12.1. The lowest BCUT2D eigenvalue weighted by Crippen LogP contribution is -2.21. The van der Waals surface area contributed by atoms with Gasteiger partial charge in [0.2, 0.25) is 0 Å². The van der Waals surface area contributed by atoms with Crippen LogP contribution in [0.3, 0.4) is 0 Å². The molecule has 0 heterocycles. The molecule has 0 unspecified atom stereocenters. The number of nitrogens with two attached hydrogens (primary N) is 1. The molecule has 0 radical (unpaired) electrons. The Morgan fingerprint density at radius 2 is 1.94 bits per heavy atom. The van der Waals surface area contributed by atoms with Crippen molar-refractivity contribution in [2.45, 2.75) is 37.5 Å². The van der Waals surface area contributed by atoms with Crippen molar-refractivity contribution in [1.82, 2.24) is 0 Å². The molecule has 2 rings (SSSR count). The summed E-state index contributed by atoms with van der Waals surface area (Å²) in [5.74, 6) is 0. The van der Waals surface area contributed by atoms with Gasteiger partial charge in [0, 0.05) is 12.0 Å². The molecular weight excluding hydrogens is 201 g/mol. The Bertz CT molecular complexity index is 344. The zero-order chi connectivity index (χ0) is 11.4. The molecule has 88 valence electrons. The summed E-state index contributed by atoms with van der Waals surface area (Å²) in [6.45, 7) is 0.539. The van der Waals surface area contributed by atoms with E-state index in [4.69, 9.17) is 5.73 Å². The van der Waals surface area contributed by atoms with Crippen LogP contribution in [0.4, 0.5) is 4.39 Å². The number of aryl methyl sites for hydroxylation is 1. The van der Waals surface area contributed by atoms with E-state index in [1.165, 1.54) is 24.0 Å². The molecule has 0 aliphatic heterocycles. The Morgan fingerprint density at radius 3 is 2.56 bits per heavy atom. The van der Waals surface area contributed by atoms with E-state index in [0.29, 0.717) is 6.42 Å². The lowest BCUT2D eigenvalue weighted by atomic mass is 9.89. The van der Waals surface area contributed by atoms with Crippen molar-refractivity contribution in [3.05, 3.63) is 35.4 Å². The van der Waals surface area contributed by atoms with Gasteiger partial charge in [0.15, 0.2) is 0 Å². The number of hydrogen-bond acceptors (Lipinski definition) is 1. The van der Waals surface area contributed by atoms with E-state index in [1.54, 1.807) is 0 Å². The first-order valence-electron chi connectivity index (χ1n) is 6.17. The molecule has 0 amide bonds. The average Bonchev–Trinajstić information content (AvgIpc) is 3.11. The van der Waals surface area contributed by atoms with Gasteiger partial charge in [-0.1, -0.05) is 24.3 Å².